The Morgan fingerprint density at radius 2 is 1.43 bits per heavy atom. The van der Waals surface area contributed by atoms with Gasteiger partial charge in [0.15, 0.2) is 0 Å². The molecule has 0 spiro atoms. The summed E-state index contributed by atoms with van der Waals surface area (Å²) in [7, 11) is 0. The molecular weight excluding hydrogens is 306 g/mol. The molecule has 1 fully saturated rings. The molecule has 0 aliphatic carbocycles. The highest BCUT2D eigenvalue weighted by Crippen LogP contribution is 2.41. The van der Waals surface area contributed by atoms with Crippen molar-refractivity contribution in [3.63, 3.8) is 0 Å². The SMILES string of the molecule is O=C(O)N1CCC(SC(c2ccccc2)c2ccccc2)CC1. The molecule has 0 radical (unpaired) electrons. The van der Waals surface area contributed by atoms with E-state index in [4.69, 9.17) is 5.11 Å². The van der Waals surface area contributed by atoms with Gasteiger partial charge in [0.05, 0.1) is 5.25 Å². The van der Waals surface area contributed by atoms with Gasteiger partial charge in [0.1, 0.15) is 0 Å². The molecule has 23 heavy (non-hydrogen) atoms. The maximum atomic E-state index is 11.0. The number of carbonyl (C=O) groups is 1. The van der Waals surface area contributed by atoms with Gasteiger partial charge in [0.25, 0.3) is 0 Å². The molecule has 0 saturated carbocycles. The van der Waals surface area contributed by atoms with Gasteiger partial charge in [-0.3, -0.25) is 0 Å². The van der Waals surface area contributed by atoms with E-state index in [-0.39, 0.29) is 0 Å². The van der Waals surface area contributed by atoms with Crippen LogP contribution in [0.25, 0.3) is 0 Å². The van der Waals surface area contributed by atoms with Crippen LogP contribution in [0, 0.1) is 0 Å². The van der Waals surface area contributed by atoms with Crippen LogP contribution < -0.4 is 0 Å². The first-order valence-corrected chi connectivity index (χ1v) is 8.91. The summed E-state index contributed by atoms with van der Waals surface area (Å²) in [5, 5.41) is 9.88. The molecule has 3 nitrogen and oxygen atoms in total. The van der Waals surface area contributed by atoms with Gasteiger partial charge in [0, 0.05) is 18.3 Å². The molecule has 120 valence electrons. The van der Waals surface area contributed by atoms with Crippen molar-refractivity contribution in [1.82, 2.24) is 4.90 Å². The van der Waals surface area contributed by atoms with Crippen LogP contribution in [0.5, 0.6) is 0 Å². The molecule has 1 N–H and O–H groups in total. The van der Waals surface area contributed by atoms with E-state index in [9.17, 15) is 4.79 Å². The summed E-state index contributed by atoms with van der Waals surface area (Å²) in [6.45, 7) is 1.28. The Labute approximate surface area is 141 Å². The minimum absolute atomic E-state index is 0.304. The molecule has 1 aliphatic rings. The van der Waals surface area contributed by atoms with Gasteiger partial charge >= 0.3 is 6.09 Å². The number of benzene rings is 2. The Bertz CT molecular complexity index is 585. The van der Waals surface area contributed by atoms with E-state index < -0.39 is 6.09 Å². The topological polar surface area (TPSA) is 40.5 Å². The Morgan fingerprint density at radius 3 is 1.87 bits per heavy atom. The first-order chi connectivity index (χ1) is 11.2. The van der Waals surface area contributed by atoms with Crippen LogP contribution >= 0.6 is 11.8 Å². The predicted octanol–water partition coefficient (Wildman–Crippen LogP) is 4.65. The number of nitrogens with zero attached hydrogens (tertiary/aromatic N) is 1. The molecule has 1 saturated heterocycles. The standard InChI is InChI=1S/C19H21NO2S/c21-19(22)20-13-11-17(12-14-20)23-18(15-7-3-1-4-8-15)16-9-5-2-6-10-16/h1-10,17-18H,11-14H2,(H,21,22). The fourth-order valence-corrected chi connectivity index (χ4v) is 4.48. The Balaban J connectivity index is 1.74. The van der Waals surface area contributed by atoms with Crippen molar-refractivity contribution >= 4 is 17.9 Å². The molecule has 4 heteroatoms. The van der Waals surface area contributed by atoms with Crippen LogP contribution in [0.2, 0.25) is 0 Å². The molecule has 3 rings (SSSR count). The van der Waals surface area contributed by atoms with Crippen molar-refractivity contribution in [1.29, 1.82) is 0 Å². The van der Waals surface area contributed by atoms with E-state index >= 15 is 0 Å². The number of rotatable bonds is 4. The number of likely N-dealkylation sites (tertiary alicyclic amines) is 1. The Kier molecular flexibility index (Phi) is 5.23. The summed E-state index contributed by atoms with van der Waals surface area (Å²) in [5.41, 5.74) is 2.62. The molecular formula is C19H21NO2S. The number of piperidine rings is 1. The van der Waals surface area contributed by atoms with Crippen LogP contribution in [0.4, 0.5) is 4.79 Å². The van der Waals surface area contributed by atoms with Crippen molar-refractivity contribution in [3.05, 3.63) is 71.8 Å². The lowest BCUT2D eigenvalue weighted by molar-refractivity contribution is 0.136. The zero-order valence-corrected chi connectivity index (χ0v) is 13.8. The molecule has 0 aromatic heterocycles. The van der Waals surface area contributed by atoms with Gasteiger partial charge in [-0.05, 0) is 24.0 Å². The normalized spacial score (nSPS) is 15.8. The summed E-state index contributed by atoms with van der Waals surface area (Å²) in [6.07, 6.45) is 1.05. The van der Waals surface area contributed by atoms with Gasteiger partial charge in [-0.1, -0.05) is 60.7 Å². The van der Waals surface area contributed by atoms with E-state index in [0.717, 1.165) is 12.8 Å². The lowest BCUT2D eigenvalue weighted by Gasteiger charge is -2.32. The third-order valence-corrected chi connectivity index (χ3v) is 5.92. The molecule has 1 heterocycles. The number of thioether (sulfide) groups is 1. The highest BCUT2D eigenvalue weighted by atomic mass is 32.2. The third-order valence-electron chi connectivity index (χ3n) is 4.25. The maximum absolute atomic E-state index is 11.0. The van der Waals surface area contributed by atoms with Gasteiger partial charge in [-0.25, -0.2) is 4.79 Å². The summed E-state index contributed by atoms with van der Waals surface area (Å²) in [5.74, 6) is 0. The second-order valence-electron chi connectivity index (χ2n) is 5.81. The molecule has 2 aromatic rings. The monoisotopic (exact) mass is 327 g/mol. The lowest BCUT2D eigenvalue weighted by atomic mass is 10.0. The van der Waals surface area contributed by atoms with Gasteiger partial charge in [-0.2, -0.15) is 0 Å². The van der Waals surface area contributed by atoms with E-state index in [1.54, 1.807) is 0 Å². The molecule has 0 atom stereocenters. The highest BCUT2D eigenvalue weighted by Gasteiger charge is 2.26. The van der Waals surface area contributed by atoms with Gasteiger partial charge < -0.3 is 10.0 Å². The first-order valence-electron chi connectivity index (χ1n) is 7.97. The first kappa shape index (κ1) is 15.9. The Hall–Kier alpha value is -1.94. The fraction of sp³-hybridized carbons (Fsp3) is 0.316. The summed E-state index contributed by atoms with van der Waals surface area (Å²) in [4.78, 5) is 12.6. The molecule has 1 aliphatic heterocycles. The third kappa shape index (κ3) is 4.08. The largest absolute Gasteiger partial charge is 0.465 e. The smallest absolute Gasteiger partial charge is 0.407 e. The van der Waals surface area contributed by atoms with E-state index in [1.807, 2.05) is 23.9 Å². The number of hydrogen-bond acceptors (Lipinski definition) is 2. The molecule has 0 unspecified atom stereocenters. The zero-order chi connectivity index (χ0) is 16.1. The van der Waals surface area contributed by atoms with Crippen molar-refractivity contribution in [2.75, 3.05) is 13.1 Å². The molecule has 1 amide bonds. The maximum Gasteiger partial charge on any atom is 0.407 e. The number of amides is 1. The average Bonchev–Trinajstić information content (AvgIpc) is 2.61. The van der Waals surface area contributed by atoms with Crippen molar-refractivity contribution in [3.8, 4) is 0 Å². The number of carboxylic acid groups (broad SMARTS) is 1. The average molecular weight is 327 g/mol. The van der Waals surface area contributed by atoms with Crippen LogP contribution in [0.3, 0.4) is 0 Å². The second kappa shape index (κ2) is 7.55. The lowest BCUT2D eigenvalue weighted by Crippen LogP contribution is -2.38. The van der Waals surface area contributed by atoms with E-state index in [1.165, 1.54) is 16.0 Å². The summed E-state index contributed by atoms with van der Waals surface area (Å²) in [6, 6.07) is 21.1. The van der Waals surface area contributed by atoms with Crippen molar-refractivity contribution < 1.29 is 9.90 Å². The number of hydrogen-bond donors (Lipinski definition) is 1. The van der Waals surface area contributed by atoms with Gasteiger partial charge in [-0.15, -0.1) is 11.8 Å². The van der Waals surface area contributed by atoms with Crippen LogP contribution in [-0.4, -0.2) is 34.4 Å². The predicted molar refractivity (Wildman–Crippen MR) is 94.9 cm³/mol. The van der Waals surface area contributed by atoms with Crippen molar-refractivity contribution in [2.24, 2.45) is 0 Å². The van der Waals surface area contributed by atoms with Crippen LogP contribution in [-0.2, 0) is 0 Å². The molecule has 2 aromatic carbocycles. The second-order valence-corrected chi connectivity index (χ2v) is 7.22. The van der Waals surface area contributed by atoms with Crippen molar-refractivity contribution in [2.45, 2.75) is 23.3 Å². The van der Waals surface area contributed by atoms with Crippen LogP contribution in [0.1, 0.15) is 29.2 Å². The summed E-state index contributed by atoms with van der Waals surface area (Å²) >= 11 is 1.97. The fourth-order valence-electron chi connectivity index (χ4n) is 2.98. The molecule has 0 bridgehead atoms. The van der Waals surface area contributed by atoms with E-state index in [2.05, 4.69) is 48.5 Å². The van der Waals surface area contributed by atoms with Crippen LogP contribution in [0.15, 0.2) is 60.7 Å². The quantitative estimate of drug-likeness (QED) is 0.888. The van der Waals surface area contributed by atoms with E-state index in [0.29, 0.717) is 23.6 Å². The summed E-state index contributed by atoms with van der Waals surface area (Å²) < 4.78 is 0. The van der Waals surface area contributed by atoms with Gasteiger partial charge in [0.2, 0.25) is 0 Å². The highest BCUT2D eigenvalue weighted by molar-refractivity contribution is 8.00. The zero-order valence-electron chi connectivity index (χ0n) is 13.0. The minimum Gasteiger partial charge on any atom is -0.465 e. The Morgan fingerprint density at radius 1 is 0.957 bits per heavy atom. The minimum atomic E-state index is -0.795.